The summed E-state index contributed by atoms with van der Waals surface area (Å²) in [6.07, 6.45) is 4.35. The zero-order chi connectivity index (χ0) is 7.11. The lowest BCUT2D eigenvalue weighted by molar-refractivity contribution is -0.137. The summed E-state index contributed by atoms with van der Waals surface area (Å²) in [4.78, 5) is 9.96. The monoisotopic (exact) mass is 260 g/mol. The molecule has 4 heteroatoms. The SMILES string of the molecule is O=C(O)CCCCPI. The zero-order valence-electron chi connectivity index (χ0n) is 5.06. The van der Waals surface area contributed by atoms with Gasteiger partial charge in [0.05, 0.1) is 0 Å². The Morgan fingerprint density at radius 1 is 1.56 bits per heavy atom. The van der Waals surface area contributed by atoms with Crippen molar-refractivity contribution >= 4 is 34.2 Å². The molecule has 0 radical (unpaired) electrons. The quantitative estimate of drug-likeness (QED) is 0.467. The number of carboxylic acids is 1. The Morgan fingerprint density at radius 3 is 2.67 bits per heavy atom. The largest absolute Gasteiger partial charge is 0.481 e. The molecule has 0 amide bonds. The maximum absolute atomic E-state index is 9.96. The first-order valence-electron chi connectivity index (χ1n) is 2.82. The second-order valence-corrected chi connectivity index (χ2v) is 4.79. The van der Waals surface area contributed by atoms with E-state index in [4.69, 9.17) is 5.11 Å². The molecule has 0 aromatic rings. The molecule has 0 bridgehead atoms. The molecule has 9 heavy (non-hydrogen) atoms. The Morgan fingerprint density at radius 2 is 2.22 bits per heavy atom. The van der Waals surface area contributed by atoms with Gasteiger partial charge in [0.2, 0.25) is 0 Å². The number of hydrogen-bond acceptors (Lipinski definition) is 1. The van der Waals surface area contributed by atoms with E-state index in [0.29, 0.717) is 6.42 Å². The summed E-state index contributed by atoms with van der Waals surface area (Å²) < 4.78 is 0. The summed E-state index contributed by atoms with van der Waals surface area (Å²) in [6.45, 7) is 0. The highest BCUT2D eigenvalue weighted by Crippen LogP contribution is 2.21. The number of unbranched alkanes of at least 4 members (excludes halogenated alkanes) is 1. The van der Waals surface area contributed by atoms with Crippen LogP contribution in [0.15, 0.2) is 0 Å². The molecule has 0 saturated heterocycles. The van der Waals surface area contributed by atoms with Crippen molar-refractivity contribution in [3.8, 4) is 0 Å². The van der Waals surface area contributed by atoms with Crippen molar-refractivity contribution in [2.75, 3.05) is 6.16 Å². The molecule has 0 heterocycles. The molecule has 54 valence electrons. The zero-order valence-corrected chi connectivity index (χ0v) is 8.22. The predicted octanol–water partition coefficient (Wildman–Crippen LogP) is 2.27. The van der Waals surface area contributed by atoms with E-state index in [9.17, 15) is 4.79 Å². The minimum atomic E-state index is -0.674. The molecule has 0 fully saturated rings. The minimum absolute atomic E-state index is 0.334. The van der Waals surface area contributed by atoms with E-state index in [-0.39, 0.29) is 0 Å². The van der Waals surface area contributed by atoms with Crippen LogP contribution < -0.4 is 0 Å². The van der Waals surface area contributed by atoms with Crippen molar-refractivity contribution in [1.82, 2.24) is 0 Å². The predicted molar refractivity (Wildman–Crippen MR) is 48.7 cm³/mol. The standard InChI is InChI=1S/C5H10IO2P/c6-9-4-2-1-3-5(7)8/h9H,1-4H2,(H,7,8). The second-order valence-electron chi connectivity index (χ2n) is 1.73. The Bertz CT molecular complexity index is 87.0. The highest BCUT2D eigenvalue weighted by molar-refractivity contribution is 14.2. The molecule has 0 rings (SSSR count). The first-order valence-corrected chi connectivity index (χ1v) is 7.15. The minimum Gasteiger partial charge on any atom is -0.481 e. The lowest BCUT2D eigenvalue weighted by Crippen LogP contribution is -1.93. The third-order valence-corrected chi connectivity index (χ3v) is 3.07. The number of rotatable bonds is 5. The highest BCUT2D eigenvalue weighted by Gasteiger charge is 1.94. The number of carbonyl (C=O) groups is 1. The van der Waals surface area contributed by atoms with Crippen LogP contribution in [-0.2, 0) is 4.79 Å². The summed E-state index contributed by atoms with van der Waals surface area (Å²) in [5.74, 6) is -0.674. The Kier molecular flexibility index (Phi) is 7.22. The van der Waals surface area contributed by atoms with Gasteiger partial charge in [0, 0.05) is 6.42 Å². The first kappa shape index (κ1) is 9.63. The number of carboxylic acid groups (broad SMARTS) is 1. The van der Waals surface area contributed by atoms with E-state index >= 15 is 0 Å². The molecule has 1 unspecified atom stereocenters. The van der Waals surface area contributed by atoms with Gasteiger partial charge < -0.3 is 5.11 Å². The fourth-order valence-electron chi connectivity index (χ4n) is 0.468. The molecule has 0 aromatic carbocycles. The van der Waals surface area contributed by atoms with E-state index in [1.54, 1.807) is 0 Å². The molecule has 0 aliphatic rings. The lowest BCUT2D eigenvalue weighted by atomic mass is 10.3. The fraction of sp³-hybridized carbons (Fsp3) is 0.800. The summed E-state index contributed by atoms with van der Waals surface area (Å²) >= 11 is 2.32. The van der Waals surface area contributed by atoms with Crippen LogP contribution in [0, 0.1) is 0 Å². The van der Waals surface area contributed by atoms with Crippen LogP contribution in [0.3, 0.4) is 0 Å². The highest BCUT2D eigenvalue weighted by atomic mass is 127. The van der Waals surface area contributed by atoms with Crippen molar-refractivity contribution in [2.24, 2.45) is 0 Å². The first-order chi connectivity index (χ1) is 4.27. The lowest BCUT2D eigenvalue weighted by Gasteiger charge is -1.92. The summed E-state index contributed by atoms with van der Waals surface area (Å²) in [6, 6.07) is 0. The molecule has 0 aliphatic carbocycles. The molecule has 2 nitrogen and oxygen atoms in total. The van der Waals surface area contributed by atoms with Crippen molar-refractivity contribution in [1.29, 1.82) is 0 Å². The molecule has 1 N–H and O–H groups in total. The number of halogens is 1. The Hall–Kier alpha value is 0.630. The van der Waals surface area contributed by atoms with Gasteiger partial charge in [-0.3, -0.25) is 4.79 Å². The van der Waals surface area contributed by atoms with Crippen LogP contribution in [-0.4, -0.2) is 17.2 Å². The van der Waals surface area contributed by atoms with E-state index in [0.717, 1.165) is 19.1 Å². The van der Waals surface area contributed by atoms with E-state index in [1.165, 1.54) is 6.16 Å². The molecule has 1 atom stereocenters. The summed E-state index contributed by atoms with van der Waals surface area (Å²) in [7, 11) is 0. The van der Waals surface area contributed by atoms with Crippen LogP contribution in [0.25, 0.3) is 0 Å². The van der Waals surface area contributed by atoms with Crippen LogP contribution in [0.4, 0.5) is 0 Å². The van der Waals surface area contributed by atoms with Crippen molar-refractivity contribution in [2.45, 2.75) is 19.3 Å². The second kappa shape index (κ2) is 6.75. The van der Waals surface area contributed by atoms with Crippen LogP contribution in [0.1, 0.15) is 19.3 Å². The van der Waals surface area contributed by atoms with Crippen molar-refractivity contribution in [3.63, 3.8) is 0 Å². The normalized spacial score (nSPS) is 10.8. The number of hydrogen-bond donors (Lipinski definition) is 1. The van der Waals surface area contributed by atoms with Crippen LogP contribution in [0.5, 0.6) is 0 Å². The average Bonchev–Trinajstić information content (AvgIpc) is 1.80. The molecular weight excluding hydrogens is 250 g/mol. The molecule has 0 saturated carbocycles. The maximum Gasteiger partial charge on any atom is 0.303 e. The average molecular weight is 260 g/mol. The third-order valence-electron chi connectivity index (χ3n) is 0.912. The van der Waals surface area contributed by atoms with Gasteiger partial charge in [0.1, 0.15) is 0 Å². The smallest absolute Gasteiger partial charge is 0.303 e. The van der Waals surface area contributed by atoms with Gasteiger partial charge in [-0.2, -0.15) is 0 Å². The van der Waals surface area contributed by atoms with Crippen molar-refractivity contribution in [3.05, 3.63) is 0 Å². The third kappa shape index (κ3) is 8.63. The van der Waals surface area contributed by atoms with Crippen LogP contribution in [0.2, 0.25) is 0 Å². The summed E-state index contributed by atoms with van der Waals surface area (Å²) in [5, 5.41) is 8.21. The van der Waals surface area contributed by atoms with Gasteiger partial charge >= 0.3 is 5.97 Å². The molecule has 0 spiro atoms. The van der Waals surface area contributed by atoms with Crippen molar-refractivity contribution < 1.29 is 9.90 Å². The van der Waals surface area contributed by atoms with Gasteiger partial charge in [0.25, 0.3) is 0 Å². The Labute approximate surface area is 69.7 Å². The number of aliphatic carboxylic acids is 1. The van der Waals surface area contributed by atoms with E-state index in [2.05, 4.69) is 22.0 Å². The van der Waals surface area contributed by atoms with E-state index < -0.39 is 5.97 Å². The van der Waals surface area contributed by atoms with Gasteiger partial charge in [-0.25, -0.2) is 0 Å². The molecule has 0 aromatic heterocycles. The molecule has 0 aliphatic heterocycles. The molecular formula is C5H10IO2P. The van der Waals surface area contributed by atoms with Gasteiger partial charge in [0.15, 0.2) is 0 Å². The maximum atomic E-state index is 9.96. The van der Waals surface area contributed by atoms with E-state index in [1.807, 2.05) is 0 Å². The fourth-order valence-corrected chi connectivity index (χ4v) is 2.00. The Balaban J connectivity index is 2.83. The topological polar surface area (TPSA) is 37.3 Å². The van der Waals surface area contributed by atoms with Crippen LogP contribution >= 0.6 is 28.3 Å². The van der Waals surface area contributed by atoms with Gasteiger partial charge in [-0.1, -0.05) is 28.3 Å². The van der Waals surface area contributed by atoms with Gasteiger partial charge in [-0.15, -0.1) is 0 Å². The van der Waals surface area contributed by atoms with Gasteiger partial charge in [-0.05, 0) is 19.0 Å². The summed E-state index contributed by atoms with van der Waals surface area (Å²) in [5.41, 5.74) is 0.